The van der Waals surface area contributed by atoms with Crippen LogP contribution in [0.5, 0.6) is 0 Å². The van der Waals surface area contributed by atoms with Crippen molar-refractivity contribution in [3.05, 3.63) is 54.6 Å². The predicted octanol–water partition coefficient (Wildman–Crippen LogP) is 1.55. The Morgan fingerprint density at radius 1 is 1.10 bits per heavy atom. The summed E-state index contributed by atoms with van der Waals surface area (Å²) in [7, 11) is 0. The summed E-state index contributed by atoms with van der Waals surface area (Å²) >= 11 is 0. The first kappa shape index (κ1) is 25.1. The highest BCUT2D eigenvalue weighted by molar-refractivity contribution is 5.96. The minimum atomic E-state index is -1.04. The summed E-state index contributed by atoms with van der Waals surface area (Å²) < 4.78 is 0. The second-order valence-corrected chi connectivity index (χ2v) is 5.63. The van der Waals surface area contributed by atoms with Crippen LogP contribution in [0.3, 0.4) is 0 Å². The normalized spacial score (nSPS) is 11.4. The zero-order chi connectivity index (χ0) is 22.2. The van der Waals surface area contributed by atoms with E-state index in [4.69, 9.17) is 16.6 Å². The minimum absolute atomic E-state index is 0.0394. The van der Waals surface area contributed by atoms with Gasteiger partial charge in [0.05, 0.1) is 24.4 Å². The Bertz CT molecular complexity index is 785. The van der Waals surface area contributed by atoms with Gasteiger partial charge < -0.3 is 21.9 Å². The van der Waals surface area contributed by atoms with E-state index in [0.717, 1.165) is 0 Å². The van der Waals surface area contributed by atoms with Crippen molar-refractivity contribution in [2.75, 3.05) is 6.54 Å². The predicted molar refractivity (Wildman–Crippen MR) is 111 cm³/mol. The number of carbonyl (C=O) groups is 2. The van der Waals surface area contributed by atoms with Crippen LogP contribution < -0.4 is 16.8 Å². The van der Waals surface area contributed by atoms with E-state index < -0.39 is 11.9 Å². The molecule has 11 nitrogen and oxygen atoms in total. The van der Waals surface area contributed by atoms with Crippen LogP contribution in [0, 0.1) is 0 Å². The molecule has 0 radical (unpaired) electrons. The Kier molecular flexibility index (Phi) is 12.3. The summed E-state index contributed by atoms with van der Waals surface area (Å²) in [6.45, 7) is 10.6. The van der Waals surface area contributed by atoms with Gasteiger partial charge in [-0.3, -0.25) is 14.6 Å². The standard InChI is InChI=1S/C12H16N6O3.C6H10N2/c13-9(7-16-10(19)4-5-11(20)21)17-18-12(14)8-3-1-2-6-15-8;1-5(2)7-8-6(3)4/h1-3,6H,4-5,7H2,(H2,13,17)(H2,14,18)(H,16,19)(H,20,21);1,3H2,2,4H3. The third-order valence-electron chi connectivity index (χ3n) is 2.64. The highest BCUT2D eigenvalue weighted by atomic mass is 16.4. The number of azo groups is 1. The maximum absolute atomic E-state index is 11.3. The molecule has 1 heterocycles. The van der Waals surface area contributed by atoms with Crippen molar-refractivity contribution in [3.8, 4) is 0 Å². The smallest absolute Gasteiger partial charge is 0.303 e. The number of hydrogen-bond acceptors (Lipinski definition) is 7. The summed E-state index contributed by atoms with van der Waals surface area (Å²) in [6, 6.07) is 5.15. The fourth-order valence-electron chi connectivity index (χ4n) is 1.39. The summed E-state index contributed by atoms with van der Waals surface area (Å²) in [5.41, 5.74) is 13.1. The van der Waals surface area contributed by atoms with Gasteiger partial charge in [-0.05, 0) is 26.0 Å². The minimum Gasteiger partial charge on any atom is -0.481 e. The number of hydrogen-bond donors (Lipinski definition) is 4. The van der Waals surface area contributed by atoms with Crippen molar-refractivity contribution in [2.45, 2.75) is 26.7 Å². The van der Waals surface area contributed by atoms with E-state index in [1.54, 1.807) is 38.2 Å². The number of rotatable bonds is 9. The molecule has 1 aromatic rings. The number of pyridine rings is 1. The first-order valence-corrected chi connectivity index (χ1v) is 8.40. The van der Waals surface area contributed by atoms with Crippen LogP contribution in [0.4, 0.5) is 0 Å². The zero-order valence-corrected chi connectivity index (χ0v) is 16.5. The Balaban J connectivity index is 0.000000828. The number of aliphatic carboxylic acids is 1. The molecule has 0 saturated heterocycles. The summed E-state index contributed by atoms with van der Waals surface area (Å²) in [5, 5.41) is 25.5. The van der Waals surface area contributed by atoms with Crippen LogP contribution in [0.15, 0.2) is 69.4 Å². The number of nitrogens with one attached hydrogen (secondary N) is 1. The Labute approximate surface area is 169 Å². The number of nitrogens with two attached hydrogens (primary N) is 2. The van der Waals surface area contributed by atoms with Gasteiger partial charge in [-0.25, -0.2) is 0 Å². The average Bonchev–Trinajstić information content (AvgIpc) is 2.68. The third kappa shape index (κ3) is 14.9. The van der Waals surface area contributed by atoms with E-state index in [1.807, 2.05) is 0 Å². The van der Waals surface area contributed by atoms with Gasteiger partial charge >= 0.3 is 5.97 Å². The lowest BCUT2D eigenvalue weighted by Gasteiger charge is -2.02. The zero-order valence-electron chi connectivity index (χ0n) is 16.5. The maximum Gasteiger partial charge on any atom is 0.303 e. The van der Waals surface area contributed by atoms with Gasteiger partial charge in [-0.1, -0.05) is 19.2 Å². The molecule has 0 unspecified atom stereocenters. The molecule has 0 saturated carbocycles. The van der Waals surface area contributed by atoms with Crippen LogP contribution in [0.25, 0.3) is 0 Å². The Hall–Kier alpha value is -3.89. The molecule has 1 rings (SSSR count). The van der Waals surface area contributed by atoms with E-state index in [0.29, 0.717) is 17.1 Å². The largest absolute Gasteiger partial charge is 0.481 e. The molecule has 0 aliphatic rings. The van der Waals surface area contributed by atoms with Crippen molar-refractivity contribution < 1.29 is 14.7 Å². The first-order valence-electron chi connectivity index (χ1n) is 8.40. The molecule has 1 aromatic heterocycles. The van der Waals surface area contributed by atoms with Gasteiger partial charge in [0.25, 0.3) is 0 Å². The molecule has 0 fully saturated rings. The van der Waals surface area contributed by atoms with Crippen LogP contribution >= 0.6 is 0 Å². The number of carboxylic acid groups (broad SMARTS) is 1. The van der Waals surface area contributed by atoms with Crippen LogP contribution in [-0.4, -0.2) is 40.2 Å². The molecule has 156 valence electrons. The van der Waals surface area contributed by atoms with Gasteiger partial charge in [-0.2, -0.15) is 10.2 Å². The fourth-order valence-corrected chi connectivity index (χ4v) is 1.39. The van der Waals surface area contributed by atoms with Crippen LogP contribution in [0.1, 0.15) is 32.4 Å². The Morgan fingerprint density at radius 2 is 1.72 bits per heavy atom. The number of carbonyl (C=O) groups excluding carboxylic acids is 1. The summed E-state index contributed by atoms with van der Waals surface area (Å²) in [6.07, 6.45) is 1.20. The molecule has 11 heteroatoms. The van der Waals surface area contributed by atoms with E-state index in [2.05, 4.69) is 43.9 Å². The van der Waals surface area contributed by atoms with Gasteiger partial charge in [0.2, 0.25) is 5.91 Å². The van der Waals surface area contributed by atoms with Crippen molar-refractivity contribution in [1.29, 1.82) is 0 Å². The molecule has 0 aliphatic carbocycles. The molecule has 0 aromatic carbocycles. The SMILES string of the molecule is C=C(C)N=NC(=C)C.N/C(CNC(=O)CCC(=O)O)=N\N=C(/N)c1ccccn1. The number of amides is 1. The molecule has 1 amide bonds. The molecule has 0 bridgehead atoms. The molecule has 6 N–H and O–H groups in total. The van der Waals surface area contributed by atoms with Crippen molar-refractivity contribution in [1.82, 2.24) is 10.3 Å². The first-order chi connectivity index (χ1) is 13.6. The number of nitrogens with zero attached hydrogens (tertiary/aromatic N) is 5. The number of aromatic nitrogens is 1. The highest BCUT2D eigenvalue weighted by Gasteiger charge is 2.05. The van der Waals surface area contributed by atoms with E-state index in [-0.39, 0.29) is 31.1 Å². The van der Waals surface area contributed by atoms with Crippen molar-refractivity contribution >= 4 is 23.5 Å². The highest BCUT2D eigenvalue weighted by Crippen LogP contribution is 1.95. The molecule has 0 spiro atoms. The lowest BCUT2D eigenvalue weighted by Crippen LogP contribution is -2.33. The molecule has 29 heavy (non-hydrogen) atoms. The van der Waals surface area contributed by atoms with Gasteiger partial charge in [0.1, 0.15) is 11.5 Å². The lowest BCUT2D eigenvalue weighted by molar-refractivity contribution is -0.138. The molecule has 0 atom stereocenters. The molecular formula is C18H26N8O3. The van der Waals surface area contributed by atoms with Crippen LogP contribution in [0.2, 0.25) is 0 Å². The Morgan fingerprint density at radius 3 is 2.21 bits per heavy atom. The van der Waals surface area contributed by atoms with Crippen LogP contribution in [-0.2, 0) is 9.59 Å². The summed E-state index contributed by atoms with van der Waals surface area (Å²) in [5.74, 6) is -1.34. The maximum atomic E-state index is 11.3. The number of allylic oxidation sites excluding steroid dienone is 2. The van der Waals surface area contributed by atoms with Gasteiger partial charge in [-0.15, -0.1) is 10.2 Å². The van der Waals surface area contributed by atoms with E-state index in [1.165, 1.54) is 0 Å². The fraction of sp³-hybridized carbons (Fsp3) is 0.278. The molecular weight excluding hydrogens is 376 g/mol. The molecule has 0 aliphatic heterocycles. The summed E-state index contributed by atoms with van der Waals surface area (Å²) in [4.78, 5) is 25.5. The monoisotopic (exact) mass is 402 g/mol. The topological polar surface area (TPSA) is 181 Å². The van der Waals surface area contributed by atoms with Crippen molar-refractivity contribution in [3.63, 3.8) is 0 Å². The number of amidine groups is 2. The number of carboxylic acids is 1. The quantitative estimate of drug-likeness (QED) is 0.210. The van der Waals surface area contributed by atoms with Gasteiger partial charge in [0, 0.05) is 12.6 Å². The third-order valence-corrected chi connectivity index (χ3v) is 2.64. The lowest BCUT2D eigenvalue weighted by atomic mass is 10.3. The second-order valence-electron chi connectivity index (χ2n) is 5.63. The van der Waals surface area contributed by atoms with Gasteiger partial charge in [0.15, 0.2) is 5.84 Å². The van der Waals surface area contributed by atoms with E-state index >= 15 is 0 Å². The van der Waals surface area contributed by atoms with E-state index in [9.17, 15) is 9.59 Å². The van der Waals surface area contributed by atoms with Crippen molar-refractivity contribution in [2.24, 2.45) is 31.9 Å². The average molecular weight is 402 g/mol. The second kappa shape index (κ2) is 14.2.